The summed E-state index contributed by atoms with van der Waals surface area (Å²) in [6.07, 6.45) is -3.89. The van der Waals surface area contributed by atoms with Crippen LogP contribution in [0.25, 0.3) is 0 Å². The van der Waals surface area contributed by atoms with Gasteiger partial charge in [0.25, 0.3) is 11.8 Å². The molecule has 0 aliphatic carbocycles. The number of hydrogen-bond donors (Lipinski definition) is 1. The molecule has 0 saturated carbocycles. The number of halogens is 3. The van der Waals surface area contributed by atoms with Crippen molar-refractivity contribution in [1.29, 1.82) is 0 Å². The lowest BCUT2D eigenvalue weighted by molar-refractivity contribution is -0.137. The number of amides is 3. The van der Waals surface area contributed by atoms with Gasteiger partial charge >= 0.3 is 6.18 Å². The molecule has 2 fully saturated rings. The quantitative estimate of drug-likeness (QED) is 0.456. The Bertz CT molecular complexity index is 1480. The minimum Gasteiger partial charge on any atom is -0.353 e. The molecule has 2 heterocycles. The molecular formula is C32H32F3N3O4. The number of carbonyl (C=O) groups excluding carboxylic acids is 3. The molecule has 220 valence electrons. The first-order chi connectivity index (χ1) is 20.0. The zero-order chi connectivity index (χ0) is 30.1. The molecule has 3 aromatic carbocycles. The van der Waals surface area contributed by atoms with Crippen LogP contribution in [-0.2, 0) is 22.3 Å². The molecule has 42 heavy (non-hydrogen) atoms. The van der Waals surface area contributed by atoms with Crippen molar-refractivity contribution in [2.75, 3.05) is 19.7 Å². The number of likely N-dealkylation sites (tertiary alicyclic amines) is 1. The first kappa shape index (κ1) is 29.3. The number of ether oxygens (including phenoxy) is 1. The third-order valence-corrected chi connectivity index (χ3v) is 7.90. The van der Waals surface area contributed by atoms with Gasteiger partial charge in [0.05, 0.1) is 12.2 Å². The number of piperidine rings is 1. The summed E-state index contributed by atoms with van der Waals surface area (Å²) in [5.74, 6) is -1.02. The first-order valence-corrected chi connectivity index (χ1v) is 13.8. The summed E-state index contributed by atoms with van der Waals surface area (Å²) in [5, 5.41) is 2.70. The average Bonchev–Trinajstić information content (AvgIpc) is 3.34. The summed E-state index contributed by atoms with van der Waals surface area (Å²) < 4.78 is 45.7. The Balaban J connectivity index is 1.35. The third-order valence-electron chi connectivity index (χ3n) is 7.90. The molecule has 3 aromatic rings. The van der Waals surface area contributed by atoms with Crippen LogP contribution in [0.15, 0.2) is 72.8 Å². The highest BCUT2D eigenvalue weighted by Gasteiger charge is 2.54. The molecular weight excluding hydrogens is 547 g/mol. The topological polar surface area (TPSA) is 79.0 Å². The van der Waals surface area contributed by atoms with E-state index in [4.69, 9.17) is 4.74 Å². The molecule has 1 spiro atoms. The van der Waals surface area contributed by atoms with Crippen LogP contribution in [0.1, 0.15) is 55.8 Å². The van der Waals surface area contributed by atoms with E-state index in [-0.39, 0.29) is 30.5 Å². The van der Waals surface area contributed by atoms with Crippen LogP contribution in [0.2, 0.25) is 0 Å². The van der Waals surface area contributed by atoms with E-state index >= 15 is 0 Å². The van der Waals surface area contributed by atoms with Gasteiger partial charge in [0, 0.05) is 43.6 Å². The molecule has 2 aliphatic rings. The number of nitrogens with zero attached hydrogens (tertiary/aromatic N) is 2. The van der Waals surface area contributed by atoms with Crippen molar-refractivity contribution >= 4 is 17.7 Å². The first-order valence-electron chi connectivity index (χ1n) is 13.8. The lowest BCUT2D eigenvalue weighted by Gasteiger charge is -2.44. The molecule has 2 saturated heterocycles. The van der Waals surface area contributed by atoms with Crippen molar-refractivity contribution in [3.05, 3.63) is 106 Å². The third kappa shape index (κ3) is 6.04. The molecule has 0 bridgehead atoms. The van der Waals surface area contributed by atoms with Crippen molar-refractivity contribution in [1.82, 2.24) is 15.1 Å². The van der Waals surface area contributed by atoms with Gasteiger partial charge in [-0.3, -0.25) is 19.3 Å². The van der Waals surface area contributed by atoms with Crippen LogP contribution < -0.4 is 5.32 Å². The highest BCUT2D eigenvalue weighted by molar-refractivity contribution is 5.98. The molecule has 1 unspecified atom stereocenters. The minimum absolute atomic E-state index is 0.0716. The number of aryl methyl sites for hydroxylation is 2. The van der Waals surface area contributed by atoms with Gasteiger partial charge in [-0.25, -0.2) is 0 Å². The van der Waals surface area contributed by atoms with Gasteiger partial charge in [-0.2, -0.15) is 13.2 Å². The van der Waals surface area contributed by atoms with Gasteiger partial charge in [-0.15, -0.1) is 0 Å². The van der Waals surface area contributed by atoms with Crippen molar-refractivity contribution in [2.45, 2.75) is 51.2 Å². The van der Waals surface area contributed by atoms with Crippen LogP contribution in [-0.4, -0.2) is 59.0 Å². The Morgan fingerprint density at radius 1 is 0.881 bits per heavy atom. The fraction of sp³-hybridized carbons (Fsp3) is 0.344. The second-order valence-electron chi connectivity index (χ2n) is 10.9. The van der Waals surface area contributed by atoms with E-state index in [9.17, 15) is 27.6 Å². The van der Waals surface area contributed by atoms with Gasteiger partial charge < -0.3 is 15.0 Å². The SMILES string of the molecule is Cc1ccc(C(=O)N2C(C(=O)NCc3cccc(C(F)(F)F)c3)COC23CCN(C(=O)c2cccc(C)c2)CC3)cc1. The molecule has 10 heteroatoms. The monoisotopic (exact) mass is 579 g/mol. The Kier molecular flexibility index (Phi) is 8.10. The van der Waals surface area contributed by atoms with E-state index in [0.717, 1.165) is 23.3 Å². The fourth-order valence-corrected chi connectivity index (χ4v) is 5.59. The number of benzene rings is 3. The molecule has 0 radical (unpaired) electrons. The summed E-state index contributed by atoms with van der Waals surface area (Å²) in [7, 11) is 0. The Hall–Kier alpha value is -4.18. The predicted molar refractivity (Wildman–Crippen MR) is 149 cm³/mol. The van der Waals surface area contributed by atoms with E-state index in [1.807, 2.05) is 44.2 Å². The van der Waals surface area contributed by atoms with Crippen molar-refractivity contribution < 1.29 is 32.3 Å². The molecule has 0 aromatic heterocycles. The van der Waals surface area contributed by atoms with E-state index in [0.29, 0.717) is 37.1 Å². The molecule has 1 atom stereocenters. The molecule has 3 amide bonds. The van der Waals surface area contributed by atoms with E-state index in [1.165, 1.54) is 17.0 Å². The van der Waals surface area contributed by atoms with Crippen LogP contribution in [0.3, 0.4) is 0 Å². The second-order valence-corrected chi connectivity index (χ2v) is 10.9. The molecule has 2 aliphatic heterocycles. The van der Waals surface area contributed by atoms with Gasteiger partial charge in [0.2, 0.25) is 5.91 Å². The lowest BCUT2D eigenvalue weighted by Crippen LogP contribution is -2.59. The predicted octanol–water partition coefficient (Wildman–Crippen LogP) is 5.11. The fourth-order valence-electron chi connectivity index (χ4n) is 5.59. The number of carbonyl (C=O) groups is 3. The molecule has 7 nitrogen and oxygen atoms in total. The Morgan fingerprint density at radius 3 is 2.24 bits per heavy atom. The summed E-state index contributed by atoms with van der Waals surface area (Å²) in [4.78, 5) is 43.7. The van der Waals surface area contributed by atoms with E-state index in [2.05, 4.69) is 5.32 Å². The van der Waals surface area contributed by atoms with E-state index in [1.54, 1.807) is 23.1 Å². The number of rotatable bonds is 5. The Morgan fingerprint density at radius 2 is 1.57 bits per heavy atom. The maximum Gasteiger partial charge on any atom is 0.416 e. The maximum atomic E-state index is 13.9. The largest absolute Gasteiger partial charge is 0.416 e. The number of alkyl halides is 3. The number of nitrogens with one attached hydrogen (secondary N) is 1. The zero-order valence-corrected chi connectivity index (χ0v) is 23.4. The van der Waals surface area contributed by atoms with Crippen LogP contribution in [0, 0.1) is 13.8 Å². The zero-order valence-electron chi connectivity index (χ0n) is 23.4. The average molecular weight is 580 g/mol. The smallest absolute Gasteiger partial charge is 0.353 e. The Labute approximate surface area is 242 Å². The van der Waals surface area contributed by atoms with Gasteiger partial charge in [-0.05, 0) is 55.8 Å². The van der Waals surface area contributed by atoms with Crippen LogP contribution in [0.5, 0.6) is 0 Å². The van der Waals surface area contributed by atoms with Gasteiger partial charge in [0.1, 0.15) is 11.8 Å². The molecule has 1 N–H and O–H groups in total. The highest BCUT2D eigenvalue weighted by Crippen LogP contribution is 2.39. The summed E-state index contributed by atoms with van der Waals surface area (Å²) in [5.41, 5.74) is 1.28. The normalized spacial score (nSPS) is 18.3. The van der Waals surface area contributed by atoms with Crippen molar-refractivity contribution in [2.24, 2.45) is 0 Å². The second kappa shape index (κ2) is 11.6. The maximum absolute atomic E-state index is 13.9. The van der Waals surface area contributed by atoms with Gasteiger partial charge in [-0.1, -0.05) is 47.5 Å². The summed E-state index contributed by atoms with van der Waals surface area (Å²) >= 11 is 0. The highest BCUT2D eigenvalue weighted by atomic mass is 19.4. The summed E-state index contributed by atoms with van der Waals surface area (Å²) in [6.45, 7) is 4.25. The van der Waals surface area contributed by atoms with E-state index < -0.39 is 29.4 Å². The minimum atomic E-state index is -4.50. The van der Waals surface area contributed by atoms with Crippen molar-refractivity contribution in [3.8, 4) is 0 Å². The van der Waals surface area contributed by atoms with Crippen LogP contribution in [0.4, 0.5) is 13.2 Å². The van der Waals surface area contributed by atoms with Crippen molar-refractivity contribution in [3.63, 3.8) is 0 Å². The van der Waals surface area contributed by atoms with Gasteiger partial charge in [0.15, 0.2) is 0 Å². The number of hydrogen-bond acceptors (Lipinski definition) is 4. The van der Waals surface area contributed by atoms with Crippen LogP contribution >= 0.6 is 0 Å². The lowest BCUT2D eigenvalue weighted by atomic mass is 9.95. The molecule has 5 rings (SSSR count). The standard InChI is InChI=1S/C32H32F3N3O4/c1-21-9-11-24(12-10-21)30(41)38-27(28(39)36-19-23-6-4-8-26(18-23)32(33,34)35)20-42-31(38)13-15-37(16-14-31)29(40)25-7-3-5-22(2)17-25/h3-12,17-18,27H,13-16,19-20H2,1-2H3,(H,36,39). The summed E-state index contributed by atoms with van der Waals surface area (Å²) in [6, 6.07) is 18.1.